The molecule has 0 aliphatic carbocycles. The Labute approximate surface area is 126 Å². The van der Waals surface area contributed by atoms with E-state index in [-0.39, 0.29) is 11.8 Å². The Morgan fingerprint density at radius 1 is 1.40 bits per heavy atom. The van der Waals surface area contributed by atoms with Crippen LogP contribution in [-0.4, -0.2) is 42.4 Å². The Balaban J connectivity index is 2.73. The maximum atomic E-state index is 12.0. The lowest BCUT2D eigenvalue weighted by Crippen LogP contribution is -2.41. The summed E-state index contributed by atoms with van der Waals surface area (Å²) in [7, 11) is 2.06. The van der Waals surface area contributed by atoms with Gasteiger partial charge in [0, 0.05) is 12.6 Å². The lowest BCUT2D eigenvalue weighted by Gasteiger charge is -2.28. The summed E-state index contributed by atoms with van der Waals surface area (Å²) >= 11 is 1.85. The summed E-state index contributed by atoms with van der Waals surface area (Å²) in [4.78, 5) is 14.2. The lowest BCUT2D eigenvalue weighted by atomic mass is 9.97. The predicted molar refractivity (Wildman–Crippen MR) is 86.6 cm³/mol. The normalized spacial score (nSPS) is 14.1. The molecule has 5 heteroatoms. The maximum Gasteiger partial charge on any atom is 0.242 e. The number of likely N-dealkylation sites (N-methyl/N-ethyl adjacent to an activating group) is 1. The summed E-state index contributed by atoms with van der Waals surface area (Å²) in [5, 5.41) is 0. The molecule has 2 unspecified atom stereocenters. The topological polar surface area (TPSA) is 58.4 Å². The molecule has 1 aromatic rings. The van der Waals surface area contributed by atoms with E-state index in [0.29, 0.717) is 12.6 Å². The van der Waals surface area contributed by atoms with Crippen molar-refractivity contribution in [2.75, 3.05) is 25.6 Å². The van der Waals surface area contributed by atoms with Crippen molar-refractivity contribution in [2.45, 2.75) is 25.3 Å². The third-order valence-corrected chi connectivity index (χ3v) is 4.27. The number of nitrogens with two attached hydrogens (primary N) is 1. The fourth-order valence-electron chi connectivity index (χ4n) is 2.10. The van der Waals surface area contributed by atoms with Crippen LogP contribution in [-0.2, 0) is 4.79 Å². The summed E-state index contributed by atoms with van der Waals surface area (Å²) in [5.41, 5.74) is 3.28. The van der Waals surface area contributed by atoms with Gasteiger partial charge in [-0.25, -0.2) is 5.84 Å². The zero-order valence-corrected chi connectivity index (χ0v) is 13.3. The molecule has 0 spiro atoms. The number of nitrogens with one attached hydrogen (secondary N) is 1. The number of hydrogen-bond acceptors (Lipinski definition) is 4. The smallest absolute Gasteiger partial charge is 0.242 e. The highest BCUT2D eigenvalue weighted by Crippen LogP contribution is 2.18. The second-order valence-electron chi connectivity index (χ2n) is 5.04. The Kier molecular flexibility index (Phi) is 7.65. The van der Waals surface area contributed by atoms with E-state index in [1.54, 1.807) is 0 Å². The molecule has 1 rings (SSSR count). The Hall–Kier alpha value is -1.04. The molecular formula is C15H25N3OS. The number of carbonyl (C=O) groups is 1. The highest BCUT2D eigenvalue weighted by atomic mass is 32.2. The fourth-order valence-corrected chi connectivity index (χ4v) is 2.68. The molecule has 1 aromatic carbocycles. The second kappa shape index (κ2) is 9.00. The van der Waals surface area contributed by atoms with Crippen LogP contribution >= 0.6 is 11.8 Å². The van der Waals surface area contributed by atoms with Gasteiger partial charge in [-0.2, -0.15) is 11.8 Å². The highest BCUT2D eigenvalue weighted by molar-refractivity contribution is 7.98. The minimum absolute atomic E-state index is 0.139. The van der Waals surface area contributed by atoms with Gasteiger partial charge >= 0.3 is 0 Å². The highest BCUT2D eigenvalue weighted by Gasteiger charge is 2.23. The molecule has 1 amide bonds. The van der Waals surface area contributed by atoms with Crippen molar-refractivity contribution in [3.05, 3.63) is 35.9 Å². The predicted octanol–water partition coefficient (Wildman–Crippen LogP) is 1.83. The number of carbonyl (C=O) groups excluding carboxylic acids is 1. The van der Waals surface area contributed by atoms with Crippen LogP contribution in [0.3, 0.4) is 0 Å². The molecule has 4 nitrogen and oxygen atoms in total. The van der Waals surface area contributed by atoms with Gasteiger partial charge in [0.2, 0.25) is 5.91 Å². The first-order chi connectivity index (χ1) is 9.60. The lowest BCUT2D eigenvalue weighted by molar-refractivity contribution is -0.123. The largest absolute Gasteiger partial charge is 0.303 e. The molecule has 20 heavy (non-hydrogen) atoms. The molecule has 0 aliphatic rings. The minimum Gasteiger partial charge on any atom is -0.303 e. The molecule has 0 bridgehead atoms. The van der Waals surface area contributed by atoms with Gasteiger partial charge in [0.05, 0.1) is 5.92 Å². The third-order valence-electron chi connectivity index (χ3n) is 3.62. The quantitative estimate of drug-likeness (QED) is 0.436. The molecule has 3 N–H and O–H groups in total. The summed E-state index contributed by atoms with van der Waals surface area (Å²) in [5.74, 6) is 6.08. The van der Waals surface area contributed by atoms with Gasteiger partial charge in [0.25, 0.3) is 0 Å². The van der Waals surface area contributed by atoms with Gasteiger partial charge in [-0.05, 0) is 38.0 Å². The van der Waals surface area contributed by atoms with Crippen LogP contribution in [0.5, 0.6) is 0 Å². The van der Waals surface area contributed by atoms with Crippen molar-refractivity contribution >= 4 is 17.7 Å². The number of rotatable bonds is 8. The first kappa shape index (κ1) is 17.0. The number of hydrogen-bond donors (Lipinski definition) is 2. The van der Waals surface area contributed by atoms with Crippen molar-refractivity contribution in [1.29, 1.82) is 0 Å². The Bertz CT molecular complexity index is 399. The van der Waals surface area contributed by atoms with E-state index >= 15 is 0 Å². The van der Waals surface area contributed by atoms with Crippen LogP contribution in [0.25, 0.3) is 0 Å². The van der Waals surface area contributed by atoms with Crippen molar-refractivity contribution in [1.82, 2.24) is 10.3 Å². The number of thioether (sulfide) groups is 1. The van der Waals surface area contributed by atoms with E-state index in [4.69, 9.17) is 5.84 Å². The van der Waals surface area contributed by atoms with Crippen molar-refractivity contribution in [3.8, 4) is 0 Å². The molecule has 0 heterocycles. The molecule has 0 aliphatic heterocycles. The number of amides is 1. The fraction of sp³-hybridized carbons (Fsp3) is 0.533. The van der Waals surface area contributed by atoms with Gasteiger partial charge in [-0.1, -0.05) is 30.3 Å². The van der Waals surface area contributed by atoms with Gasteiger partial charge in [0.15, 0.2) is 0 Å². The van der Waals surface area contributed by atoms with Crippen molar-refractivity contribution in [3.63, 3.8) is 0 Å². The zero-order valence-electron chi connectivity index (χ0n) is 12.5. The van der Waals surface area contributed by atoms with Crippen molar-refractivity contribution < 1.29 is 4.79 Å². The van der Waals surface area contributed by atoms with E-state index in [1.165, 1.54) is 0 Å². The number of hydrazine groups is 1. The maximum absolute atomic E-state index is 12.0. The minimum atomic E-state index is -0.233. The average molecular weight is 295 g/mol. The van der Waals surface area contributed by atoms with Crippen LogP contribution < -0.4 is 11.3 Å². The first-order valence-corrected chi connectivity index (χ1v) is 8.24. The van der Waals surface area contributed by atoms with Gasteiger partial charge < -0.3 is 4.90 Å². The zero-order chi connectivity index (χ0) is 15.0. The van der Waals surface area contributed by atoms with Crippen molar-refractivity contribution in [2.24, 2.45) is 5.84 Å². The molecule has 112 valence electrons. The van der Waals surface area contributed by atoms with E-state index in [1.807, 2.05) is 42.1 Å². The monoisotopic (exact) mass is 295 g/mol. The number of benzene rings is 1. The standard InChI is InChI=1S/C15H25N3OS/c1-12(9-10-20-3)18(2)11-14(15(19)17-16)13-7-5-4-6-8-13/h4-8,12,14H,9-11,16H2,1-3H3,(H,17,19). The Morgan fingerprint density at radius 3 is 2.60 bits per heavy atom. The van der Waals surface area contributed by atoms with Gasteiger partial charge in [-0.15, -0.1) is 0 Å². The summed E-state index contributed by atoms with van der Waals surface area (Å²) in [6.07, 6.45) is 3.23. The first-order valence-electron chi connectivity index (χ1n) is 6.84. The molecule has 2 atom stereocenters. The van der Waals surface area contributed by atoms with E-state index < -0.39 is 0 Å². The van der Waals surface area contributed by atoms with E-state index in [2.05, 4.69) is 30.6 Å². The van der Waals surface area contributed by atoms with E-state index in [9.17, 15) is 4.79 Å². The summed E-state index contributed by atoms with van der Waals surface area (Å²) in [6, 6.07) is 10.2. The van der Waals surface area contributed by atoms with Crippen LogP contribution in [0, 0.1) is 0 Å². The van der Waals surface area contributed by atoms with Gasteiger partial charge in [0.1, 0.15) is 0 Å². The van der Waals surface area contributed by atoms with E-state index in [0.717, 1.165) is 17.7 Å². The van der Waals surface area contributed by atoms with Crippen LogP contribution in [0.2, 0.25) is 0 Å². The Morgan fingerprint density at radius 2 is 2.05 bits per heavy atom. The van der Waals surface area contributed by atoms with Gasteiger partial charge in [-0.3, -0.25) is 10.2 Å². The molecule has 0 fully saturated rings. The second-order valence-corrected chi connectivity index (χ2v) is 6.03. The molecule has 0 saturated carbocycles. The third kappa shape index (κ3) is 5.15. The van der Waals surface area contributed by atoms with Crippen LogP contribution in [0.4, 0.5) is 0 Å². The molecule has 0 aromatic heterocycles. The SMILES string of the molecule is CSCCC(C)N(C)CC(C(=O)NN)c1ccccc1. The van der Waals surface area contributed by atoms with Crippen LogP contribution in [0.1, 0.15) is 24.8 Å². The summed E-state index contributed by atoms with van der Waals surface area (Å²) in [6.45, 7) is 2.86. The number of nitrogens with zero attached hydrogens (tertiary/aromatic N) is 1. The molecule has 0 saturated heterocycles. The average Bonchev–Trinajstić information content (AvgIpc) is 2.49. The summed E-state index contributed by atoms with van der Waals surface area (Å²) < 4.78 is 0. The molecule has 0 radical (unpaired) electrons. The molecular weight excluding hydrogens is 270 g/mol. The van der Waals surface area contributed by atoms with Crippen LogP contribution in [0.15, 0.2) is 30.3 Å².